The van der Waals surface area contributed by atoms with Crippen LogP contribution < -0.4 is 27.0 Å². The van der Waals surface area contributed by atoms with Crippen molar-refractivity contribution < 1.29 is 52.2 Å². The van der Waals surface area contributed by atoms with Crippen molar-refractivity contribution in [1.82, 2.24) is 40.6 Å². The van der Waals surface area contributed by atoms with Gasteiger partial charge in [0.1, 0.15) is 36.9 Å². The summed E-state index contributed by atoms with van der Waals surface area (Å²) < 4.78 is 31.6. The molecule has 0 saturated carbocycles. The number of nitrogens with zero attached hydrogens (tertiary/aromatic N) is 4. The molecule has 20 heteroatoms. The van der Waals surface area contributed by atoms with Crippen molar-refractivity contribution in [3.63, 3.8) is 0 Å². The molecule has 3 atom stereocenters. The van der Waals surface area contributed by atoms with Gasteiger partial charge < -0.3 is 41.6 Å². The summed E-state index contributed by atoms with van der Waals surface area (Å²) in [6.07, 6.45) is 5.45. The number of aliphatic hydroxyl groups excluding tert-OH is 1. The maximum atomic E-state index is 15.3. The van der Waals surface area contributed by atoms with Crippen molar-refractivity contribution in [2.75, 3.05) is 32.8 Å². The summed E-state index contributed by atoms with van der Waals surface area (Å²) in [5, 5.41) is 20.5. The standard InChI is InChI=1S/C47H53F2N9O9/c1-47(2,3)44(37-22-31(33-23-32(48)9-10-34(33)49)26-56(37)25-30-7-5-4-6-8-30)57(43(65)28-59)20-15-35(45(66)53-19-18-52-40(62)27-58-41(63)11-12-42(58)64)55-46(67)36(24-38(50)60)54-39(61)21-29-13-16-51-17-14-29/h4-14,16-17,22-23,26,35-36,44,59H,15,18-21,24-25,27-28H2,1-3H3,(H2,50,60)(H,52,62)(H,53,66)(H,54,61)(H,55,67). The van der Waals surface area contributed by atoms with Crippen LogP contribution in [0.5, 0.6) is 0 Å². The molecule has 0 bridgehead atoms. The smallest absolute Gasteiger partial charge is 0.254 e. The Bertz CT molecular complexity index is 2480. The summed E-state index contributed by atoms with van der Waals surface area (Å²) in [4.78, 5) is 109. The second kappa shape index (κ2) is 23.0. The number of nitrogens with two attached hydrogens (primary N) is 1. The number of imide groups is 1. The molecule has 5 rings (SSSR count). The highest BCUT2D eigenvalue weighted by molar-refractivity contribution is 6.14. The first-order valence-electron chi connectivity index (χ1n) is 21.3. The summed E-state index contributed by atoms with van der Waals surface area (Å²) in [6.45, 7) is 3.45. The highest BCUT2D eigenvalue weighted by atomic mass is 19.1. The number of nitrogens with one attached hydrogen (secondary N) is 4. The number of primary amides is 1. The SMILES string of the molecule is CC(C)(C)C(c1cc(-c2cc(F)ccc2F)cn1Cc1ccccc1)N(CCC(NC(=O)C(CC(N)=O)NC(=O)Cc1ccncc1)C(=O)NCCNC(=O)CN1C(=O)C=CC1=O)C(=O)CO. The number of aliphatic hydroxyl groups is 1. The fraction of sp³-hybridized carbons (Fsp3) is 0.340. The molecule has 2 aromatic heterocycles. The molecule has 2 aromatic carbocycles. The first-order valence-corrected chi connectivity index (χ1v) is 21.3. The van der Waals surface area contributed by atoms with Crippen LogP contribution in [0.3, 0.4) is 0 Å². The number of amides is 8. The van der Waals surface area contributed by atoms with Crippen LogP contribution in [0.4, 0.5) is 8.78 Å². The van der Waals surface area contributed by atoms with Crippen LogP contribution >= 0.6 is 0 Å². The molecule has 0 aliphatic carbocycles. The van der Waals surface area contributed by atoms with Crippen LogP contribution in [0.2, 0.25) is 0 Å². The number of halogens is 2. The monoisotopic (exact) mass is 925 g/mol. The lowest BCUT2D eigenvalue weighted by atomic mass is 9.82. The molecule has 0 fully saturated rings. The Morgan fingerprint density at radius 1 is 0.821 bits per heavy atom. The van der Waals surface area contributed by atoms with E-state index < -0.39 is 102 Å². The maximum Gasteiger partial charge on any atom is 0.254 e. The Hall–Kier alpha value is -7.61. The van der Waals surface area contributed by atoms with E-state index in [1.165, 1.54) is 17.3 Å². The van der Waals surface area contributed by atoms with Crippen molar-refractivity contribution in [1.29, 1.82) is 0 Å². The van der Waals surface area contributed by atoms with Crippen LogP contribution in [-0.4, -0.2) is 117 Å². The van der Waals surface area contributed by atoms with Gasteiger partial charge in [0, 0.05) is 73.7 Å². The minimum Gasteiger partial charge on any atom is -0.387 e. The third-order valence-corrected chi connectivity index (χ3v) is 10.6. The molecule has 18 nitrogen and oxygen atoms in total. The van der Waals surface area contributed by atoms with Crippen molar-refractivity contribution in [3.05, 3.63) is 126 Å². The van der Waals surface area contributed by atoms with Crippen molar-refractivity contribution in [2.24, 2.45) is 11.1 Å². The molecule has 67 heavy (non-hydrogen) atoms. The Morgan fingerprint density at radius 3 is 2.13 bits per heavy atom. The second-order valence-corrected chi connectivity index (χ2v) is 16.8. The van der Waals surface area contributed by atoms with Gasteiger partial charge in [-0.1, -0.05) is 51.1 Å². The van der Waals surface area contributed by atoms with Crippen LogP contribution in [0.15, 0.2) is 97.5 Å². The van der Waals surface area contributed by atoms with Gasteiger partial charge in [0.05, 0.1) is 18.9 Å². The van der Waals surface area contributed by atoms with Gasteiger partial charge in [-0.3, -0.25) is 48.2 Å². The van der Waals surface area contributed by atoms with Gasteiger partial charge in [0.25, 0.3) is 11.8 Å². The Kier molecular flexibility index (Phi) is 17.3. The fourth-order valence-electron chi connectivity index (χ4n) is 7.55. The first-order chi connectivity index (χ1) is 31.8. The van der Waals surface area contributed by atoms with Gasteiger partial charge in [0.2, 0.25) is 35.4 Å². The number of rotatable bonds is 22. The van der Waals surface area contributed by atoms with E-state index in [1.807, 2.05) is 51.1 Å². The predicted molar refractivity (Wildman–Crippen MR) is 238 cm³/mol. The molecule has 8 amide bonds. The Morgan fingerprint density at radius 2 is 1.49 bits per heavy atom. The highest BCUT2D eigenvalue weighted by Gasteiger charge is 2.38. The van der Waals surface area contributed by atoms with E-state index in [9.17, 15) is 47.9 Å². The van der Waals surface area contributed by atoms with Gasteiger partial charge in [0.15, 0.2) is 0 Å². The number of aromatic nitrogens is 2. The average molecular weight is 926 g/mol. The summed E-state index contributed by atoms with van der Waals surface area (Å²) in [6, 6.07) is 13.1. The van der Waals surface area contributed by atoms with E-state index in [0.717, 1.165) is 40.8 Å². The van der Waals surface area contributed by atoms with Gasteiger partial charge >= 0.3 is 0 Å². The van der Waals surface area contributed by atoms with E-state index in [0.29, 0.717) is 16.8 Å². The molecule has 3 heterocycles. The van der Waals surface area contributed by atoms with Gasteiger partial charge in [-0.15, -0.1) is 0 Å². The molecule has 0 radical (unpaired) electrons. The first kappa shape index (κ1) is 50.4. The van der Waals surface area contributed by atoms with Crippen LogP contribution in [-0.2, 0) is 51.3 Å². The summed E-state index contributed by atoms with van der Waals surface area (Å²) in [7, 11) is 0. The third-order valence-electron chi connectivity index (χ3n) is 10.6. The molecule has 1 aliphatic heterocycles. The largest absolute Gasteiger partial charge is 0.387 e. The van der Waals surface area contributed by atoms with E-state index >= 15 is 4.39 Å². The zero-order chi connectivity index (χ0) is 48.8. The molecule has 0 spiro atoms. The van der Waals surface area contributed by atoms with E-state index in [-0.39, 0.29) is 44.6 Å². The maximum absolute atomic E-state index is 15.3. The molecular weight excluding hydrogens is 873 g/mol. The molecule has 7 N–H and O–H groups in total. The highest BCUT2D eigenvalue weighted by Crippen LogP contribution is 2.41. The average Bonchev–Trinajstić information content (AvgIpc) is 3.83. The molecule has 354 valence electrons. The molecule has 1 aliphatic rings. The zero-order valence-corrected chi connectivity index (χ0v) is 37.2. The zero-order valence-electron chi connectivity index (χ0n) is 37.2. The lowest BCUT2D eigenvalue weighted by Gasteiger charge is -2.41. The fourth-order valence-corrected chi connectivity index (χ4v) is 7.55. The summed E-state index contributed by atoms with van der Waals surface area (Å²) >= 11 is 0. The Labute approximate surface area is 385 Å². The van der Waals surface area contributed by atoms with Gasteiger partial charge in [-0.05, 0) is 59.4 Å². The molecule has 0 saturated heterocycles. The van der Waals surface area contributed by atoms with Crippen LogP contribution in [0.1, 0.15) is 56.5 Å². The van der Waals surface area contributed by atoms with Crippen molar-refractivity contribution in [3.8, 4) is 11.1 Å². The van der Waals surface area contributed by atoms with E-state index in [2.05, 4.69) is 26.3 Å². The van der Waals surface area contributed by atoms with Crippen molar-refractivity contribution in [2.45, 2.75) is 64.7 Å². The number of hydrogen-bond acceptors (Lipinski definition) is 10. The number of benzene rings is 2. The lowest BCUT2D eigenvalue weighted by Crippen LogP contribution is -2.56. The Balaban J connectivity index is 1.45. The molecular formula is C47H53F2N9O9. The molecule has 4 aromatic rings. The minimum absolute atomic E-state index is 0.0372. The molecule has 3 unspecified atom stereocenters. The van der Waals surface area contributed by atoms with Crippen LogP contribution in [0, 0.1) is 17.0 Å². The van der Waals surface area contributed by atoms with Crippen LogP contribution in [0.25, 0.3) is 11.1 Å². The number of hydrogen-bond donors (Lipinski definition) is 6. The normalized spacial score (nSPS) is 13.7. The lowest BCUT2D eigenvalue weighted by molar-refractivity contribution is -0.141. The number of carbonyl (C=O) groups is 8. The topological polar surface area (TPSA) is 255 Å². The van der Waals surface area contributed by atoms with Gasteiger partial charge in [-0.2, -0.15) is 0 Å². The quantitative estimate of drug-likeness (QED) is 0.0488. The second-order valence-electron chi connectivity index (χ2n) is 16.8. The predicted octanol–water partition coefficient (Wildman–Crippen LogP) is 1.42. The minimum atomic E-state index is -1.55. The summed E-state index contributed by atoms with van der Waals surface area (Å²) in [5.41, 5.74) is 6.73. The number of pyridine rings is 1. The summed E-state index contributed by atoms with van der Waals surface area (Å²) in [5.74, 6) is -7.57. The third kappa shape index (κ3) is 14.2. The van der Waals surface area contributed by atoms with E-state index in [4.69, 9.17) is 5.73 Å². The van der Waals surface area contributed by atoms with Crippen molar-refractivity contribution >= 4 is 47.3 Å². The number of carbonyl (C=O) groups excluding carboxylic acids is 8. The van der Waals surface area contributed by atoms with E-state index in [1.54, 1.807) is 29.0 Å². The van der Waals surface area contributed by atoms with Gasteiger partial charge in [-0.25, -0.2) is 8.78 Å².